The first kappa shape index (κ1) is 18.3. The second-order valence-electron chi connectivity index (χ2n) is 8.59. The van der Waals surface area contributed by atoms with Crippen molar-refractivity contribution in [1.29, 1.82) is 0 Å². The highest BCUT2D eigenvalue weighted by Gasteiger charge is 2.39. The number of allylic oxidation sites excluding steroid dienone is 2. The zero-order valence-electron chi connectivity index (χ0n) is 15.5. The Balaban J connectivity index is 1.93. The third kappa shape index (κ3) is 4.47. The maximum atomic E-state index is 4.36. The molecule has 0 heterocycles. The molecule has 2 saturated carbocycles. The van der Waals surface area contributed by atoms with Gasteiger partial charge in [0.2, 0.25) is 0 Å². The van der Waals surface area contributed by atoms with Crippen molar-refractivity contribution in [1.82, 2.24) is 0 Å². The Hall–Kier alpha value is -0.0900. The molecule has 0 aliphatic heterocycles. The van der Waals surface area contributed by atoms with Crippen molar-refractivity contribution in [3.63, 3.8) is 0 Å². The van der Waals surface area contributed by atoms with Gasteiger partial charge >= 0.3 is 0 Å². The third-order valence-corrected chi connectivity index (χ3v) is 9.44. The van der Waals surface area contributed by atoms with E-state index in [4.69, 9.17) is 0 Å². The predicted octanol–water partition coefficient (Wildman–Crippen LogP) is 7.01. The lowest BCUT2D eigenvalue weighted by Gasteiger charge is -2.46. The highest BCUT2D eigenvalue weighted by molar-refractivity contribution is 7.58. The molecule has 2 fully saturated rings. The third-order valence-electron chi connectivity index (χ3n) is 6.24. The highest BCUT2D eigenvalue weighted by atomic mass is 31.1. The lowest BCUT2D eigenvalue weighted by atomic mass is 9.78. The Bertz CT molecular complexity index is 410. The molecule has 0 aromatic carbocycles. The van der Waals surface area contributed by atoms with Crippen LogP contribution in [0.5, 0.6) is 0 Å². The van der Waals surface area contributed by atoms with Gasteiger partial charge < -0.3 is 0 Å². The van der Waals surface area contributed by atoms with E-state index in [2.05, 4.69) is 40.6 Å². The van der Waals surface area contributed by atoms with Crippen LogP contribution < -0.4 is 0 Å². The molecule has 0 spiro atoms. The maximum absolute atomic E-state index is 4.36. The smallest absolute Gasteiger partial charge is 0.00598 e. The zero-order valence-corrected chi connectivity index (χ0v) is 16.4. The largest absolute Gasteiger partial charge is 0.103 e. The molecule has 0 N–H and O–H groups in total. The summed E-state index contributed by atoms with van der Waals surface area (Å²) in [4.78, 5) is 0. The molecule has 5 unspecified atom stereocenters. The summed E-state index contributed by atoms with van der Waals surface area (Å²) in [5, 5.41) is 0.599. The van der Waals surface area contributed by atoms with Crippen LogP contribution in [0.3, 0.4) is 0 Å². The molecule has 1 heteroatoms. The quantitative estimate of drug-likeness (QED) is 0.377. The summed E-state index contributed by atoms with van der Waals surface area (Å²) < 4.78 is 0. The minimum absolute atomic E-state index is 0.120. The van der Waals surface area contributed by atoms with Crippen LogP contribution in [0.25, 0.3) is 0 Å². The number of rotatable bonds is 5. The van der Waals surface area contributed by atoms with E-state index in [9.17, 15) is 0 Å². The second-order valence-corrected chi connectivity index (χ2v) is 11.4. The van der Waals surface area contributed by atoms with Crippen molar-refractivity contribution in [3.05, 3.63) is 24.3 Å². The van der Waals surface area contributed by atoms with Gasteiger partial charge in [-0.3, -0.25) is 0 Å². The van der Waals surface area contributed by atoms with E-state index in [-0.39, 0.29) is 7.92 Å². The van der Waals surface area contributed by atoms with Crippen LogP contribution in [0.2, 0.25) is 0 Å². The lowest BCUT2D eigenvalue weighted by molar-refractivity contribution is 0.328. The fraction of sp³-hybridized carbons (Fsp3) is 0.810. The molecule has 2 rings (SSSR count). The van der Waals surface area contributed by atoms with E-state index in [1.165, 1.54) is 68.7 Å². The Morgan fingerprint density at radius 2 is 1.77 bits per heavy atom. The fourth-order valence-corrected chi connectivity index (χ4v) is 8.09. The van der Waals surface area contributed by atoms with Gasteiger partial charge in [0, 0.05) is 0 Å². The van der Waals surface area contributed by atoms with Crippen LogP contribution in [-0.2, 0) is 0 Å². The van der Waals surface area contributed by atoms with Gasteiger partial charge in [-0.2, -0.15) is 0 Å². The van der Waals surface area contributed by atoms with Crippen molar-refractivity contribution in [2.24, 2.45) is 17.8 Å². The molecule has 126 valence electrons. The van der Waals surface area contributed by atoms with Crippen LogP contribution in [0.1, 0.15) is 72.1 Å². The van der Waals surface area contributed by atoms with Gasteiger partial charge in [-0.1, -0.05) is 45.1 Å². The van der Waals surface area contributed by atoms with Crippen LogP contribution in [-0.4, -0.2) is 18.0 Å². The van der Waals surface area contributed by atoms with E-state index in [0.29, 0.717) is 5.16 Å². The van der Waals surface area contributed by atoms with E-state index in [1.54, 1.807) is 0 Å². The van der Waals surface area contributed by atoms with Crippen molar-refractivity contribution in [2.75, 3.05) is 12.8 Å². The van der Waals surface area contributed by atoms with Crippen molar-refractivity contribution in [2.45, 2.75) is 77.3 Å². The molecule has 2 aliphatic rings. The Kier molecular flexibility index (Phi) is 6.35. The lowest BCUT2D eigenvalue weighted by Crippen LogP contribution is -2.34. The van der Waals surface area contributed by atoms with E-state index in [0.717, 1.165) is 17.8 Å². The average Bonchev–Trinajstić information content (AvgIpc) is 2.42. The van der Waals surface area contributed by atoms with Gasteiger partial charge in [0.25, 0.3) is 0 Å². The molecular weight excluding hydrogens is 283 g/mol. The summed E-state index contributed by atoms with van der Waals surface area (Å²) in [7, 11) is 0.120. The molecule has 0 amide bonds. The van der Waals surface area contributed by atoms with Gasteiger partial charge in [-0.25, -0.2) is 0 Å². The van der Waals surface area contributed by atoms with Crippen LogP contribution in [0.15, 0.2) is 24.3 Å². The van der Waals surface area contributed by atoms with Gasteiger partial charge in [0.1, 0.15) is 0 Å². The first-order valence-electron chi connectivity index (χ1n) is 9.39. The molecule has 0 saturated heterocycles. The Labute approximate surface area is 140 Å². The van der Waals surface area contributed by atoms with E-state index < -0.39 is 0 Å². The summed E-state index contributed by atoms with van der Waals surface area (Å²) >= 11 is 0. The van der Waals surface area contributed by atoms with Gasteiger partial charge in [0.15, 0.2) is 0 Å². The zero-order chi connectivity index (χ0) is 16.3. The highest BCUT2D eigenvalue weighted by Crippen LogP contribution is 2.59. The molecule has 0 nitrogen and oxygen atoms in total. The van der Waals surface area contributed by atoms with Crippen molar-refractivity contribution in [3.8, 4) is 0 Å². The number of hydrogen-bond donors (Lipinski definition) is 0. The van der Waals surface area contributed by atoms with Crippen molar-refractivity contribution < 1.29 is 0 Å². The van der Waals surface area contributed by atoms with E-state index >= 15 is 0 Å². The average molecular weight is 321 g/mol. The van der Waals surface area contributed by atoms with Crippen LogP contribution >= 0.6 is 7.92 Å². The summed E-state index contributed by atoms with van der Waals surface area (Å²) in [5.41, 5.74) is 3.03. The van der Waals surface area contributed by atoms with Gasteiger partial charge in [-0.15, -0.1) is 7.92 Å². The summed E-state index contributed by atoms with van der Waals surface area (Å²) in [6, 6.07) is 0. The number of hydrogen-bond acceptors (Lipinski definition) is 0. The Morgan fingerprint density at radius 1 is 1.09 bits per heavy atom. The fourth-order valence-electron chi connectivity index (χ4n) is 5.21. The molecule has 0 bridgehead atoms. The van der Waals surface area contributed by atoms with E-state index in [1.807, 2.05) is 0 Å². The molecule has 22 heavy (non-hydrogen) atoms. The SMILES string of the molecule is C=C1CC(C)CC(CCP(C)C2(CC)CC(=C)CC(C)C2)C1. The van der Waals surface area contributed by atoms with Crippen molar-refractivity contribution >= 4 is 7.92 Å². The maximum Gasteiger partial charge on any atom is -0.00598 e. The minimum Gasteiger partial charge on any atom is -0.103 e. The van der Waals surface area contributed by atoms with Gasteiger partial charge in [-0.05, 0) is 87.1 Å². The molecule has 2 aliphatic carbocycles. The summed E-state index contributed by atoms with van der Waals surface area (Å²) in [6.45, 7) is 18.5. The molecule has 0 aromatic rings. The standard InChI is InChI=1S/C21H37P/c1-7-21(14-18(4)11-19(5)15-21)22(6)9-8-20-12-16(2)10-17(3)13-20/h17,19-20H,2,4,7-15H2,1,3,5-6H3. The topological polar surface area (TPSA) is 0 Å². The van der Waals surface area contributed by atoms with Crippen LogP contribution in [0, 0.1) is 17.8 Å². The second kappa shape index (κ2) is 7.65. The summed E-state index contributed by atoms with van der Waals surface area (Å²) in [6.07, 6.45) is 12.3. The molecule has 0 radical (unpaired) electrons. The Morgan fingerprint density at radius 3 is 2.36 bits per heavy atom. The van der Waals surface area contributed by atoms with Crippen LogP contribution in [0.4, 0.5) is 0 Å². The molecule has 5 atom stereocenters. The molecular formula is C21H37P. The minimum atomic E-state index is 0.120. The first-order chi connectivity index (χ1) is 10.3. The first-order valence-corrected chi connectivity index (χ1v) is 11.4. The summed E-state index contributed by atoms with van der Waals surface area (Å²) in [5.74, 6) is 2.63. The monoisotopic (exact) mass is 320 g/mol. The molecule has 0 aromatic heterocycles. The predicted molar refractivity (Wildman–Crippen MR) is 103 cm³/mol. The van der Waals surface area contributed by atoms with Gasteiger partial charge in [0.05, 0.1) is 0 Å². The normalized spacial score (nSPS) is 38.1.